The van der Waals surface area contributed by atoms with Crippen LogP contribution in [-0.4, -0.2) is 64.7 Å². The maximum atomic E-state index is 12.5. The summed E-state index contributed by atoms with van der Waals surface area (Å²) in [6, 6.07) is 14.0. The van der Waals surface area contributed by atoms with Gasteiger partial charge in [0.25, 0.3) is 0 Å². The minimum atomic E-state index is -0.207. The number of ether oxygens (including phenoxy) is 3. The lowest BCUT2D eigenvalue weighted by Crippen LogP contribution is -2.36. The first-order valence-electron chi connectivity index (χ1n) is 19.2. The number of phenols is 5. The molecule has 2 aliphatic rings. The molecule has 10 heteroatoms. The molecule has 6 aromatic carbocycles. The average Bonchev–Trinajstić information content (AvgIpc) is 3.14. The molecule has 6 N–H and O–H groups in total. The summed E-state index contributed by atoms with van der Waals surface area (Å²) in [4.78, 5) is 4.84. The van der Waals surface area contributed by atoms with Gasteiger partial charge in [-0.25, -0.2) is 0 Å². The summed E-state index contributed by atoms with van der Waals surface area (Å²) < 4.78 is 18.0. The third-order valence-corrected chi connectivity index (χ3v) is 11.7. The number of benzene rings is 6. The van der Waals surface area contributed by atoms with Crippen molar-refractivity contribution in [1.82, 2.24) is 5.32 Å². The van der Waals surface area contributed by atoms with Crippen LogP contribution in [0.1, 0.15) is 67.1 Å². The molecule has 0 spiro atoms. The fraction of sp³-hybridized carbons (Fsp3) is 0.298. The third-order valence-electron chi connectivity index (χ3n) is 11.7. The second kappa shape index (κ2) is 13.8. The summed E-state index contributed by atoms with van der Waals surface area (Å²) in [7, 11) is 4.63. The standard InChI is InChI=1S/C47H48N2O8/c1-20-10-27-29(41-33-15-23(4)49-25(6)40(33)35(51)19-36(41)52)17-31(45(53)43(27)37(12-20)55-7)32-18-30(28-11-21(2)13-38(56-8)44(28)46(32)54)42-34(50)16-26-14-22(3)48-24(5)39(26)47(42)57-9/h10-13,16-19,22-23,25,49-54H,14-15H2,1-9H3/t22-,23+,25+/m0/s1. The zero-order valence-electron chi connectivity index (χ0n) is 33.7. The Morgan fingerprint density at radius 2 is 1.14 bits per heavy atom. The van der Waals surface area contributed by atoms with E-state index in [0.717, 1.165) is 33.5 Å². The number of methoxy groups -OCH3 is 3. The van der Waals surface area contributed by atoms with E-state index in [0.29, 0.717) is 79.5 Å². The Balaban J connectivity index is 1.55. The Hall–Kier alpha value is -6.13. The van der Waals surface area contributed by atoms with Crippen molar-refractivity contribution in [3.63, 3.8) is 0 Å². The first kappa shape index (κ1) is 37.8. The number of hydrogen-bond acceptors (Lipinski definition) is 10. The van der Waals surface area contributed by atoms with Crippen molar-refractivity contribution in [2.45, 2.75) is 72.5 Å². The first-order chi connectivity index (χ1) is 27.2. The number of aliphatic imine (C=N–C) groups is 1. The molecule has 57 heavy (non-hydrogen) atoms. The van der Waals surface area contributed by atoms with Gasteiger partial charge in [-0.15, -0.1) is 0 Å². The molecule has 2 aliphatic heterocycles. The van der Waals surface area contributed by atoms with Crippen LogP contribution in [0.2, 0.25) is 0 Å². The number of nitrogens with zero attached hydrogens (tertiary/aromatic N) is 1. The predicted octanol–water partition coefficient (Wildman–Crippen LogP) is 9.51. The van der Waals surface area contributed by atoms with Crippen molar-refractivity contribution < 1.29 is 39.7 Å². The molecule has 10 nitrogen and oxygen atoms in total. The van der Waals surface area contributed by atoms with Crippen molar-refractivity contribution in [3.8, 4) is 79.4 Å². The Morgan fingerprint density at radius 1 is 0.596 bits per heavy atom. The van der Waals surface area contributed by atoms with E-state index >= 15 is 0 Å². The molecule has 8 rings (SSSR count). The van der Waals surface area contributed by atoms with Crippen LogP contribution >= 0.6 is 0 Å². The summed E-state index contributed by atoms with van der Waals surface area (Å²) in [6.07, 6.45) is 1.14. The SMILES string of the molecule is COc1c2c(cc(O)c1-c1cc(-c3cc(-c4c(O)cc(O)c5c4C[C@@H](C)N[C@@H]5C)c4cc(C)cc(OC)c4c3O)c(O)c3c(OC)cc(C)cc13)C[C@H](C)N=C2C. The van der Waals surface area contributed by atoms with Crippen LogP contribution < -0.4 is 19.5 Å². The smallest absolute Gasteiger partial charge is 0.139 e. The molecule has 0 unspecified atom stereocenters. The predicted molar refractivity (Wildman–Crippen MR) is 225 cm³/mol. The largest absolute Gasteiger partial charge is 0.507 e. The summed E-state index contributed by atoms with van der Waals surface area (Å²) >= 11 is 0. The molecule has 0 bridgehead atoms. The molecular weight excluding hydrogens is 721 g/mol. The molecule has 6 aromatic rings. The fourth-order valence-electron chi connectivity index (χ4n) is 9.49. The van der Waals surface area contributed by atoms with E-state index in [1.165, 1.54) is 20.3 Å². The average molecular weight is 769 g/mol. The van der Waals surface area contributed by atoms with Crippen molar-refractivity contribution in [2.24, 2.45) is 4.99 Å². The molecule has 2 heterocycles. The Kier molecular flexibility index (Phi) is 9.15. The van der Waals surface area contributed by atoms with E-state index < -0.39 is 0 Å². The van der Waals surface area contributed by atoms with Crippen molar-refractivity contribution in [3.05, 3.63) is 81.9 Å². The number of aromatic hydroxyl groups is 5. The monoisotopic (exact) mass is 768 g/mol. The van der Waals surface area contributed by atoms with E-state index in [1.54, 1.807) is 25.3 Å². The lowest BCUT2D eigenvalue weighted by molar-refractivity contribution is 0.402. The molecule has 294 valence electrons. The first-order valence-corrected chi connectivity index (χ1v) is 19.2. The van der Waals surface area contributed by atoms with Gasteiger partial charge in [0.1, 0.15) is 46.0 Å². The molecule has 3 atom stereocenters. The normalized spacial score (nSPS) is 17.6. The summed E-state index contributed by atoms with van der Waals surface area (Å²) in [6.45, 7) is 11.9. The number of fused-ring (bicyclic) bond motifs is 4. The van der Waals surface area contributed by atoms with Crippen LogP contribution in [0.3, 0.4) is 0 Å². The second-order valence-electron chi connectivity index (χ2n) is 15.7. The highest BCUT2D eigenvalue weighted by molar-refractivity contribution is 6.15. The molecular formula is C47H48N2O8. The molecule has 0 amide bonds. The van der Waals surface area contributed by atoms with Gasteiger partial charge in [-0.3, -0.25) is 4.99 Å². The van der Waals surface area contributed by atoms with Gasteiger partial charge >= 0.3 is 0 Å². The third kappa shape index (κ3) is 5.84. The quantitative estimate of drug-likeness (QED) is 0.0973. The van der Waals surface area contributed by atoms with Crippen LogP contribution in [0.25, 0.3) is 54.9 Å². The molecule has 0 radical (unpaired) electrons. The Bertz CT molecular complexity index is 2720. The maximum absolute atomic E-state index is 12.5. The summed E-state index contributed by atoms with van der Waals surface area (Å²) in [5.41, 5.74) is 8.16. The van der Waals surface area contributed by atoms with E-state index in [1.807, 2.05) is 58.9 Å². The summed E-state index contributed by atoms with van der Waals surface area (Å²) in [5, 5.41) is 65.3. The molecule has 0 fully saturated rings. The van der Waals surface area contributed by atoms with Gasteiger partial charge in [-0.1, -0.05) is 12.1 Å². The highest BCUT2D eigenvalue weighted by Crippen LogP contribution is 2.56. The van der Waals surface area contributed by atoms with Gasteiger partial charge in [0.05, 0.1) is 43.7 Å². The fourth-order valence-corrected chi connectivity index (χ4v) is 9.49. The number of phenolic OH excluding ortho intramolecular Hbond substituents is 5. The van der Waals surface area contributed by atoms with Crippen LogP contribution in [0.5, 0.6) is 46.0 Å². The Labute approximate surface area is 331 Å². The van der Waals surface area contributed by atoms with Crippen molar-refractivity contribution in [1.29, 1.82) is 0 Å². The molecule has 0 aromatic heterocycles. The topological polar surface area (TPSA) is 153 Å². The van der Waals surface area contributed by atoms with Gasteiger partial charge in [0.2, 0.25) is 0 Å². The van der Waals surface area contributed by atoms with Gasteiger partial charge in [0, 0.05) is 51.7 Å². The van der Waals surface area contributed by atoms with Gasteiger partial charge in [-0.05, 0) is 129 Å². The number of aryl methyl sites for hydroxylation is 2. The van der Waals surface area contributed by atoms with Crippen molar-refractivity contribution >= 4 is 27.3 Å². The zero-order valence-corrected chi connectivity index (χ0v) is 33.7. The van der Waals surface area contributed by atoms with Crippen LogP contribution in [-0.2, 0) is 12.8 Å². The Morgan fingerprint density at radius 3 is 1.68 bits per heavy atom. The van der Waals surface area contributed by atoms with Gasteiger partial charge < -0.3 is 45.1 Å². The minimum Gasteiger partial charge on any atom is -0.507 e. The number of hydrogen-bond donors (Lipinski definition) is 6. The number of nitrogens with one attached hydrogen (secondary N) is 1. The summed E-state index contributed by atoms with van der Waals surface area (Å²) in [5.74, 6) is 0.758. The molecule has 0 saturated heterocycles. The van der Waals surface area contributed by atoms with E-state index in [4.69, 9.17) is 19.2 Å². The highest BCUT2D eigenvalue weighted by atomic mass is 16.5. The molecule has 0 saturated carbocycles. The van der Waals surface area contributed by atoms with Crippen LogP contribution in [0.15, 0.2) is 53.5 Å². The van der Waals surface area contributed by atoms with E-state index in [2.05, 4.69) is 12.2 Å². The second-order valence-corrected chi connectivity index (χ2v) is 15.7. The molecule has 0 aliphatic carbocycles. The zero-order chi connectivity index (χ0) is 40.8. The minimum absolute atomic E-state index is 0.0102. The van der Waals surface area contributed by atoms with Crippen LogP contribution in [0, 0.1) is 13.8 Å². The maximum Gasteiger partial charge on any atom is 0.139 e. The highest BCUT2D eigenvalue weighted by Gasteiger charge is 2.33. The van der Waals surface area contributed by atoms with E-state index in [-0.39, 0.29) is 58.0 Å². The lowest BCUT2D eigenvalue weighted by Gasteiger charge is -2.32. The van der Waals surface area contributed by atoms with Crippen LogP contribution in [0.4, 0.5) is 0 Å². The number of rotatable bonds is 6. The van der Waals surface area contributed by atoms with Gasteiger partial charge in [-0.2, -0.15) is 0 Å². The van der Waals surface area contributed by atoms with Gasteiger partial charge in [0.15, 0.2) is 0 Å². The van der Waals surface area contributed by atoms with E-state index in [9.17, 15) is 25.5 Å². The van der Waals surface area contributed by atoms with Crippen molar-refractivity contribution in [2.75, 3.05) is 21.3 Å². The lowest BCUT2D eigenvalue weighted by atomic mass is 9.81.